The first-order chi connectivity index (χ1) is 16.9. The second kappa shape index (κ2) is 10.1. The molecule has 1 aromatic carbocycles. The minimum Gasteiger partial charge on any atom is -0.466 e. The summed E-state index contributed by atoms with van der Waals surface area (Å²) < 4.78 is 4.67. The van der Waals surface area contributed by atoms with Gasteiger partial charge in [-0.3, -0.25) is 14.4 Å². The number of benzene rings is 1. The molecule has 35 heavy (non-hydrogen) atoms. The van der Waals surface area contributed by atoms with Crippen molar-refractivity contribution in [3.05, 3.63) is 35.9 Å². The van der Waals surface area contributed by atoms with Crippen LogP contribution in [0.5, 0.6) is 0 Å². The fourth-order valence-electron chi connectivity index (χ4n) is 6.77. The summed E-state index contributed by atoms with van der Waals surface area (Å²) in [7, 11) is 0. The Labute approximate surface area is 218 Å². The van der Waals surface area contributed by atoms with Crippen LogP contribution in [0.15, 0.2) is 30.3 Å². The topological polar surface area (TPSA) is 95.9 Å². The van der Waals surface area contributed by atoms with Gasteiger partial charge in [0.15, 0.2) is 0 Å². The number of alkyl halides is 1. The van der Waals surface area contributed by atoms with E-state index < -0.39 is 28.7 Å². The molecule has 2 N–H and O–H groups in total. The highest BCUT2D eigenvalue weighted by atomic mass is 79.9. The third kappa shape index (κ3) is 4.11. The fraction of sp³-hybridized carbons (Fsp3) is 0.654. The molecule has 4 fully saturated rings. The van der Waals surface area contributed by atoms with Crippen molar-refractivity contribution in [3.8, 4) is 0 Å². The number of carbonyl (C=O) groups is 3. The number of thioether (sulfide) groups is 1. The predicted molar refractivity (Wildman–Crippen MR) is 137 cm³/mol. The molecule has 0 aromatic heterocycles. The fourth-order valence-corrected chi connectivity index (χ4v) is 10.4. The standard InChI is InChI=1S/C26H33BrN2O5S/c1-2-34-25(33)19-20-24(32)29(18(14-30)15-9-5-3-6-10-15)22(26(20)13-17(27)21(19)35-26)23(31)28-16-11-7-4-8-12-16/h3,5-6,9-10,16-22,30H,2,4,7-8,11-14H2,1H3,(H,28,31)/t17?,18-,19-,20+,21-,22?,26?/m1/s1. The van der Waals surface area contributed by atoms with Crippen LogP contribution in [0.4, 0.5) is 0 Å². The molecular weight excluding hydrogens is 532 g/mol. The number of hydrogen-bond donors (Lipinski definition) is 2. The summed E-state index contributed by atoms with van der Waals surface area (Å²) in [4.78, 5) is 42.9. The van der Waals surface area contributed by atoms with Crippen LogP contribution in [0.1, 0.15) is 57.1 Å². The lowest BCUT2D eigenvalue weighted by molar-refractivity contribution is -0.154. The highest BCUT2D eigenvalue weighted by Crippen LogP contribution is 2.68. The molecule has 2 bridgehead atoms. The lowest BCUT2D eigenvalue weighted by Gasteiger charge is -2.38. The van der Waals surface area contributed by atoms with Crippen molar-refractivity contribution in [2.75, 3.05) is 13.2 Å². The summed E-state index contributed by atoms with van der Waals surface area (Å²) in [5.41, 5.74) is 0.776. The molecular formula is C26H33BrN2O5S. The van der Waals surface area contributed by atoms with Gasteiger partial charge in [0, 0.05) is 16.1 Å². The Hall–Kier alpha value is -1.58. The van der Waals surface area contributed by atoms with Crippen molar-refractivity contribution in [2.45, 2.75) is 78.4 Å². The Morgan fingerprint density at radius 1 is 1.26 bits per heavy atom. The maximum atomic E-state index is 14.2. The Kier molecular flexibility index (Phi) is 7.21. The summed E-state index contributed by atoms with van der Waals surface area (Å²) in [5, 5.41) is 13.6. The normalized spacial score (nSPS) is 35.1. The molecule has 5 rings (SSSR count). The van der Waals surface area contributed by atoms with Crippen LogP contribution < -0.4 is 5.32 Å². The zero-order valence-corrected chi connectivity index (χ0v) is 22.3. The third-order valence-corrected chi connectivity index (χ3v) is 11.4. The molecule has 1 aliphatic carbocycles. The summed E-state index contributed by atoms with van der Waals surface area (Å²) in [6.07, 6.45) is 5.83. The Bertz CT molecular complexity index is 974. The molecule has 3 unspecified atom stereocenters. The van der Waals surface area contributed by atoms with E-state index in [0.717, 1.165) is 31.2 Å². The first-order valence-electron chi connectivity index (χ1n) is 12.7. The van der Waals surface area contributed by atoms with Crippen LogP contribution in [0, 0.1) is 11.8 Å². The first kappa shape index (κ1) is 25.1. The van der Waals surface area contributed by atoms with Gasteiger partial charge in [-0.25, -0.2) is 0 Å². The van der Waals surface area contributed by atoms with Crippen molar-refractivity contribution < 1.29 is 24.2 Å². The minimum absolute atomic E-state index is 0.000175. The summed E-state index contributed by atoms with van der Waals surface area (Å²) in [6, 6.07) is 8.02. The molecule has 7 nitrogen and oxygen atoms in total. The van der Waals surface area contributed by atoms with Crippen LogP contribution in [0.2, 0.25) is 0 Å². The number of ether oxygens (including phenoxy) is 1. The van der Waals surface area contributed by atoms with Gasteiger partial charge in [0.25, 0.3) is 0 Å². The van der Waals surface area contributed by atoms with Gasteiger partial charge in [0.05, 0.1) is 35.8 Å². The Morgan fingerprint density at radius 2 is 1.97 bits per heavy atom. The van der Waals surface area contributed by atoms with Crippen LogP contribution >= 0.6 is 27.7 Å². The van der Waals surface area contributed by atoms with Gasteiger partial charge < -0.3 is 20.1 Å². The van der Waals surface area contributed by atoms with Gasteiger partial charge >= 0.3 is 5.97 Å². The van der Waals surface area contributed by atoms with Gasteiger partial charge in [0.2, 0.25) is 11.8 Å². The summed E-state index contributed by atoms with van der Waals surface area (Å²) in [6.45, 7) is 1.70. The number of aliphatic hydroxyl groups is 1. The van der Waals surface area contributed by atoms with Crippen LogP contribution in [0.25, 0.3) is 0 Å². The van der Waals surface area contributed by atoms with Gasteiger partial charge in [-0.2, -0.15) is 0 Å². The molecule has 190 valence electrons. The highest BCUT2D eigenvalue weighted by Gasteiger charge is 2.76. The smallest absolute Gasteiger partial charge is 0.310 e. The molecule has 0 radical (unpaired) electrons. The van der Waals surface area contributed by atoms with E-state index in [4.69, 9.17) is 4.74 Å². The number of rotatable bonds is 7. The van der Waals surface area contributed by atoms with E-state index in [2.05, 4.69) is 21.2 Å². The molecule has 2 amide bonds. The monoisotopic (exact) mass is 564 g/mol. The van der Waals surface area contributed by atoms with E-state index >= 15 is 0 Å². The van der Waals surface area contributed by atoms with Crippen LogP contribution in [-0.4, -0.2) is 67.9 Å². The number of halogens is 1. The van der Waals surface area contributed by atoms with Crippen LogP contribution in [-0.2, 0) is 19.1 Å². The number of esters is 1. The number of nitrogens with zero attached hydrogens (tertiary/aromatic N) is 1. The van der Waals surface area contributed by atoms with Crippen molar-refractivity contribution >= 4 is 45.5 Å². The molecule has 1 aromatic rings. The molecule has 3 aliphatic heterocycles. The highest BCUT2D eigenvalue weighted by molar-refractivity contribution is 9.09. The van der Waals surface area contributed by atoms with E-state index in [9.17, 15) is 19.5 Å². The van der Waals surface area contributed by atoms with E-state index in [-0.39, 0.29) is 47.1 Å². The minimum atomic E-state index is -0.770. The predicted octanol–water partition coefficient (Wildman–Crippen LogP) is 3.20. The number of likely N-dealkylation sites (tertiary alicyclic amines) is 1. The third-order valence-electron chi connectivity index (χ3n) is 8.18. The number of carbonyl (C=O) groups excluding carboxylic acids is 3. The molecule has 7 atom stereocenters. The molecule has 4 aliphatic rings. The van der Waals surface area contributed by atoms with E-state index in [1.807, 2.05) is 30.3 Å². The zero-order chi connectivity index (χ0) is 24.7. The van der Waals surface area contributed by atoms with Gasteiger partial charge in [-0.1, -0.05) is 65.5 Å². The van der Waals surface area contributed by atoms with E-state index in [1.54, 1.807) is 23.6 Å². The summed E-state index contributed by atoms with van der Waals surface area (Å²) >= 11 is 5.36. The van der Waals surface area contributed by atoms with Gasteiger partial charge in [-0.05, 0) is 31.7 Å². The van der Waals surface area contributed by atoms with Crippen molar-refractivity contribution in [1.29, 1.82) is 0 Å². The van der Waals surface area contributed by atoms with Crippen LogP contribution in [0.3, 0.4) is 0 Å². The van der Waals surface area contributed by atoms with Crippen molar-refractivity contribution in [2.24, 2.45) is 11.8 Å². The summed E-state index contributed by atoms with van der Waals surface area (Å²) in [5.74, 6) is -2.03. The molecule has 1 saturated carbocycles. The lowest BCUT2D eigenvalue weighted by Crippen LogP contribution is -2.56. The van der Waals surface area contributed by atoms with Gasteiger partial charge in [-0.15, -0.1) is 11.8 Å². The number of fused-ring (bicyclic) bond motifs is 1. The van der Waals surface area contributed by atoms with E-state index in [1.165, 1.54) is 6.42 Å². The maximum absolute atomic E-state index is 14.2. The zero-order valence-electron chi connectivity index (χ0n) is 19.9. The molecule has 1 spiro atoms. The average Bonchev–Trinajstić information content (AvgIpc) is 3.45. The largest absolute Gasteiger partial charge is 0.466 e. The average molecular weight is 566 g/mol. The number of hydrogen-bond acceptors (Lipinski definition) is 6. The van der Waals surface area contributed by atoms with Crippen molar-refractivity contribution in [3.63, 3.8) is 0 Å². The number of amides is 2. The van der Waals surface area contributed by atoms with Gasteiger partial charge in [0.1, 0.15) is 6.04 Å². The maximum Gasteiger partial charge on any atom is 0.310 e. The number of aliphatic hydroxyl groups excluding tert-OH is 1. The first-order valence-corrected chi connectivity index (χ1v) is 14.5. The Morgan fingerprint density at radius 3 is 2.63 bits per heavy atom. The lowest BCUT2D eigenvalue weighted by atomic mass is 9.71. The molecule has 3 saturated heterocycles. The molecule has 9 heteroatoms. The van der Waals surface area contributed by atoms with E-state index in [0.29, 0.717) is 6.42 Å². The SMILES string of the molecule is CCOC(=O)[C@H]1[C@@H]2SC3(CC2Br)C(C(=O)NC2CCCCC2)N([C@H](CO)c2ccccc2)C(=O)[C@H]13. The van der Waals surface area contributed by atoms with Crippen molar-refractivity contribution in [1.82, 2.24) is 10.2 Å². The quantitative estimate of drug-likeness (QED) is 0.390. The second-order valence-electron chi connectivity index (χ2n) is 10.1. The Balaban J connectivity index is 1.56. The molecule has 3 heterocycles. The second-order valence-corrected chi connectivity index (χ2v) is 12.8. The number of nitrogens with one attached hydrogen (secondary N) is 1.